The summed E-state index contributed by atoms with van der Waals surface area (Å²) in [6.07, 6.45) is 9.44. The third kappa shape index (κ3) is 14.8. The highest BCUT2D eigenvalue weighted by Crippen LogP contribution is 2.43. The summed E-state index contributed by atoms with van der Waals surface area (Å²) in [5.41, 5.74) is 15.2. The van der Waals surface area contributed by atoms with Gasteiger partial charge >= 0.3 is 14.2 Å². The quantitative estimate of drug-likeness (QED) is 0.0149. The Labute approximate surface area is 517 Å². The van der Waals surface area contributed by atoms with Crippen molar-refractivity contribution in [3.8, 4) is 11.1 Å². The molecule has 1 amide bonds. The second-order valence-electron chi connectivity index (χ2n) is 23.7. The third-order valence-corrected chi connectivity index (χ3v) is 20.3. The Morgan fingerprint density at radius 3 is 1.71 bits per heavy atom. The van der Waals surface area contributed by atoms with Crippen LogP contribution in [0.2, 0.25) is 13.1 Å². The Bertz CT molecular complexity index is 3810. The van der Waals surface area contributed by atoms with E-state index < -0.39 is 22.3 Å². The fraction of sp³-hybridized carbons (Fsp3) is 0.282. The lowest BCUT2D eigenvalue weighted by atomic mass is 9.77. The molecule has 0 radical (unpaired) electrons. The molecule has 0 saturated heterocycles. The first-order valence-corrected chi connectivity index (χ1v) is 32.2. The lowest BCUT2D eigenvalue weighted by molar-refractivity contribution is -0.462. The highest BCUT2D eigenvalue weighted by molar-refractivity contribution is 6.98. The number of anilines is 1. The Hall–Kier alpha value is -7.23. The van der Waals surface area contributed by atoms with Gasteiger partial charge in [0.2, 0.25) is 5.91 Å². The van der Waals surface area contributed by atoms with Crippen LogP contribution in [0.4, 0.5) is 5.69 Å². The number of ketones is 1. The van der Waals surface area contributed by atoms with Crippen LogP contribution in [0.15, 0.2) is 187 Å². The molecule has 5 N–H and O–H groups in total. The highest BCUT2D eigenvalue weighted by Gasteiger charge is 2.40. The van der Waals surface area contributed by atoms with E-state index in [1.165, 1.54) is 38.5 Å². The van der Waals surface area contributed by atoms with Gasteiger partial charge in [0.05, 0.1) is 0 Å². The fourth-order valence-electron chi connectivity index (χ4n) is 12.1. The maximum atomic E-state index is 12.8. The number of hydrogen-bond donors (Lipinski definition) is 5. The molecule has 1 heterocycles. The van der Waals surface area contributed by atoms with E-state index in [1.807, 2.05) is 36.4 Å². The second kappa shape index (κ2) is 29.0. The highest BCUT2D eigenvalue weighted by atomic mass is 35.5. The van der Waals surface area contributed by atoms with Crippen LogP contribution in [-0.2, 0) is 35.8 Å². The lowest BCUT2D eigenvalue weighted by Crippen LogP contribution is -3.00. The number of nitrogens with zero attached hydrogens (tertiary/aromatic N) is 4. The molecule has 446 valence electrons. The van der Waals surface area contributed by atoms with Gasteiger partial charge in [0.25, 0.3) is 0 Å². The molecular formula is C71H84B2ClN5O6Si. The van der Waals surface area contributed by atoms with Gasteiger partial charge in [-0.1, -0.05) is 149 Å². The van der Waals surface area contributed by atoms with Gasteiger partial charge in [0.1, 0.15) is 22.2 Å². The van der Waals surface area contributed by atoms with Gasteiger partial charge in [-0.3, -0.25) is 19.4 Å². The molecule has 1 aliphatic heterocycles. The predicted octanol–water partition coefficient (Wildman–Crippen LogP) is 6.61. The smallest absolute Gasteiger partial charge is 0.488 e. The van der Waals surface area contributed by atoms with Crippen molar-refractivity contribution in [2.24, 2.45) is 0 Å². The van der Waals surface area contributed by atoms with Crippen molar-refractivity contribution in [3.05, 3.63) is 220 Å². The number of Topliss-reactive ketones (excluding diaryl/α,β-unsaturated/α-hetero) is 1. The molecule has 0 saturated carbocycles. The molecule has 7 aromatic carbocycles. The van der Waals surface area contributed by atoms with Crippen molar-refractivity contribution in [1.29, 1.82) is 0 Å². The van der Waals surface area contributed by atoms with Gasteiger partial charge < -0.3 is 42.7 Å². The van der Waals surface area contributed by atoms with Crippen molar-refractivity contribution in [1.82, 2.24) is 15.1 Å². The van der Waals surface area contributed by atoms with Crippen LogP contribution in [0.3, 0.4) is 0 Å². The summed E-state index contributed by atoms with van der Waals surface area (Å²) < 4.78 is 2.19. The number of fused-ring (bicyclic) bond motifs is 4. The van der Waals surface area contributed by atoms with E-state index in [4.69, 9.17) is 0 Å². The maximum Gasteiger partial charge on any atom is 0.488 e. The van der Waals surface area contributed by atoms with Gasteiger partial charge in [-0.2, -0.15) is 0 Å². The van der Waals surface area contributed by atoms with Crippen molar-refractivity contribution >= 4 is 88.6 Å². The van der Waals surface area contributed by atoms with E-state index in [9.17, 15) is 29.7 Å². The summed E-state index contributed by atoms with van der Waals surface area (Å²) >= 11 is 0. The first kappa shape index (κ1) is 66.3. The van der Waals surface area contributed by atoms with Gasteiger partial charge in [0, 0.05) is 83.2 Å². The van der Waals surface area contributed by atoms with Crippen LogP contribution >= 0.6 is 0 Å². The molecule has 2 aliphatic rings. The summed E-state index contributed by atoms with van der Waals surface area (Å²) in [4.78, 5) is 32.3. The molecule has 0 bridgehead atoms. The molecule has 11 nitrogen and oxygen atoms in total. The molecule has 0 fully saturated rings. The van der Waals surface area contributed by atoms with Gasteiger partial charge in [-0.15, -0.1) is 0 Å². The Morgan fingerprint density at radius 2 is 1.15 bits per heavy atom. The minimum atomic E-state index is -2.15. The largest absolute Gasteiger partial charge is 1.00 e. The number of unbranched alkanes of at least 4 members (excludes halogenated alkanes) is 1. The van der Waals surface area contributed by atoms with E-state index >= 15 is 0 Å². The number of allylic oxidation sites excluding steroid dienone is 6. The average Bonchev–Trinajstić information content (AvgIpc) is 0.762. The Kier molecular flexibility index (Phi) is 22.3. The van der Waals surface area contributed by atoms with Crippen molar-refractivity contribution in [2.75, 3.05) is 52.7 Å². The van der Waals surface area contributed by atoms with E-state index in [0.29, 0.717) is 87.1 Å². The average molecular weight is 1190 g/mol. The van der Waals surface area contributed by atoms with Crippen LogP contribution < -0.4 is 38.7 Å². The number of carbonyl (C=O) groups is 2. The zero-order chi connectivity index (χ0) is 60.0. The summed E-state index contributed by atoms with van der Waals surface area (Å²) in [6, 6.07) is 46.3. The summed E-state index contributed by atoms with van der Waals surface area (Å²) in [6.45, 7) is 19.7. The van der Waals surface area contributed by atoms with Crippen LogP contribution in [0.1, 0.15) is 80.3 Å². The van der Waals surface area contributed by atoms with Crippen LogP contribution in [-0.4, -0.2) is 122 Å². The van der Waals surface area contributed by atoms with Crippen LogP contribution in [0, 0.1) is 0 Å². The van der Waals surface area contributed by atoms with E-state index in [2.05, 4.69) is 182 Å². The first-order chi connectivity index (χ1) is 40.2. The zero-order valence-electron chi connectivity index (χ0n) is 50.6. The number of halogens is 1. The molecule has 1 aliphatic carbocycles. The molecular weight excluding hydrogens is 1100 g/mol. The molecule has 0 unspecified atom stereocenters. The number of nitrogens with one attached hydrogen (secondary N) is 1. The van der Waals surface area contributed by atoms with Crippen molar-refractivity contribution in [2.45, 2.75) is 86.2 Å². The van der Waals surface area contributed by atoms with Crippen LogP contribution in [0.5, 0.6) is 0 Å². The van der Waals surface area contributed by atoms with Crippen molar-refractivity contribution in [3.63, 3.8) is 0 Å². The molecule has 86 heavy (non-hydrogen) atoms. The van der Waals surface area contributed by atoms with E-state index in [0.717, 1.165) is 66.9 Å². The number of carbonyl (C=O) groups excluding carboxylic acids is 2. The van der Waals surface area contributed by atoms with E-state index in [1.54, 1.807) is 26.0 Å². The molecule has 0 spiro atoms. The topological polar surface area (TPSA) is 140 Å². The fourth-order valence-corrected chi connectivity index (χ4v) is 15.2. The third-order valence-electron chi connectivity index (χ3n) is 16.8. The molecule has 7 aromatic rings. The monoisotopic (exact) mass is 1190 g/mol. The number of hydrogen-bond acceptors (Lipinski definition) is 9. The first-order valence-electron chi connectivity index (χ1n) is 29.2. The predicted molar refractivity (Wildman–Crippen MR) is 359 cm³/mol. The number of rotatable bonds is 24. The standard InChI is InChI=1S/C70H79B2N5O6Si.CH4.ClH/c1-47(2)66(78)26-17-18-38-76(43-52-20-11-15-24-64(52)71(80)81)46-63-57-23-14-13-22-56(57)62(45-77(39-19-37-73-70(79)48(3)4)44-53-21-12-16-25-65(53)72(82)83)58-34-31-51(40-61(58)63)49-27-29-50(30-28-49)69-59-35-32-54(74(5)6)41-67(59)84(9,10)68-42-55(75(7)8)33-36-60(68)69;;/h11-16,20-25,27-36,40-42,80-83H,1,3,17-19,26,37-39,43-46H2,2,4-10H3;1H4;1H. The second-order valence-corrected chi connectivity index (χ2v) is 28.0. The lowest BCUT2D eigenvalue weighted by Gasteiger charge is -2.38. The number of amides is 1. The SMILES string of the molecule is C.C=C(C)C(=O)CCCCN(Cc1ccccc1B(O)O)Cc1c2ccccc2c(CN(CCCNC(=O)C(=C)C)Cc2ccccc2B(O)O)c2ccc(-c3ccc(C4=C5C=CC(=[N+](C)C)C=C5[Si](C)(C)c5cc(N(C)C)ccc54)cc3)cc12.[Cl-]. The molecule has 0 aromatic heterocycles. The normalized spacial score (nSPS) is 13.2. The zero-order valence-corrected chi connectivity index (χ0v) is 52.3. The maximum absolute atomic E-state index is 12.8. The Morgan fingerprint density at radius 1 is 0.616 bits per heavy atom. The Balaban J connectivity index is 0.00000529. The minimum absolute atomic E-state index is 0. The minimum Gasteiger partial charge on any atom is -1.00 e. The molecule has 9 rings (SSSR count). The molecule has 0 atom stereocenters. The van der Waals surface area contributed by atoms with Crippen molar-refractivity contribution < 1.29 is 46.7 Å². The van der Waals surface area contributed by atoms with Crippen LogP contribution in [0.25, 0.3) is 38.2 Å². The van der Waals surface area contributed by atoms with Gasteiger partial charge in [-0.05, 0) is 168 Å². The summed E-state index contributed by atoms with van der Waals surface area (Å²) in [5.74, 6) is -0.134. The van der Waals surface area contributed by atoms with Gasteiger partial charge in [0.15, 0.2) is 11.5 Å². The summed E-state index contributed by atoms with van der Waals surface area (Å²) in [7, 11) is 2.98. The molecule has 15 heteroatoms. The van der Waals surface area contributed by atoms with E-state index in [-0.39, 0.29) is 31.5 Å². The summed E-state index contributed by atoms with van der Waals surface area (Å²) in [5, 5.41) is 52.5. The number of benzene rings is 7. The van der Waals surface area contributed by atoms with Gasteiger partial charge in [-0.25, -0.2) is 4.58 Å².